The van der Waals surface area contributed by atoms with Gasteiger partial charge in [-0.05, 0) is 54.8 Å². The third-order valence-electron chi connectivity index (χ3n) is 4.87. The summed E-state index contributed by atoms with van der Waals surface area (Å²) >= 11 is 0. The average Bonchev–Trinajstić information content (AvgIpc) is 3.21. The first-order valence-electron chi connectivity index (χ1n) is 10.0. The zero-order valence-electron chi connectivity index (χ0n) is 17.0. The number of unbranched alkanes of at least 4 members (excludes halogenated alkanes) is 1. The molecule has 2 heterocycles. The summed E-state index contributed by atoms with van der Waals surface area (Å²) in [6, 6.07) is 13.3. The van der Waals surface area contributed by atoms with E-state index < -0.39 is 5.56 Å². The Bertz CT molecular complexity index is 1260. The van der Waals surface area contributed by atoms with E-state index in [-0.39, 0.29) is 29.4 Å². The number of hydrogen-bond acceptors (Lipinski definition) is 5. The first-order valence-corrected chi connectivity index (χ1v) is 10.0. The molecule has 31 heavy (non-hydrogen) atoms. The molecule has 0 saturated heterocycles. The van der Waals surface area contributed by atoms with Gasteiger partial charge in [0.05, 0.1) is 5.69 Å². The molecule has 0 spiro atoms. The van der Waals surface area contributed by atoms with Crippen LogP contribution >= 0.6 is 0 Å². The van der Waals surface area contributed by atoms with Gasteiger partial charge < -0.3 is 5.32 Å². The number of benzene rings is 2. The number of aromatic nitrogens is 5. The van der Waals surface area contributed by atoms with Crippen LogP contribution in [0, 0.1) is 5.82 Å². The minimum atomic E-state index is -0.483. The number of nitrogens with zero attached hydrogens (tertiary/aromatic N) is 5. The maximum Gasteiger partial charge on any atom is 0.284 e. The maximum atomic E-state index is 13.2. The van der Waals surface area contributed by atoms with Crippen molar-refractivity contribution in [1.82, 2.24) is 24.5 Å². The van der Waals surface area contributed by atoms with Gasteiger partial charge in [0, 0.05) is 5.69 Å². The predicted octanol–water partition coefficient (Wildman–Crippen LogP) is 3.10. The van der Waals surface area contributed by atoms with Crippen molar-refractivity contribution in [2.45, 2.75) is 32.7 Å². The van der Waals surface area contributed by atoms with Crippen LogP contribution < -0.4 is 10.9 Å². The number of halogens is 1. The summed E-state index contributed by atoms with van der Waals surface area (Å²) in [6.45, 7) is 1.94. The molecule has 0 aliphatic rings. The number of amides is 1. The molecule has 0 atom stereocenters. The quantitative estimate of drug-likeness (QED) is 0.496. The number of carbonyl (C=O) groups is 1. The Morgan fingerprint density at radius 2 is 1.84 bits per heavy atom. The Morgan fingerprint density at radius 1 is 1.10 bits per heavy atom. The van der Waals surface area contributed by atoms with Crippen molar-refractivity contribution in [3.63, 3.8) is 0 Å². The third-order valence-corrected chi connectivity index (χ3v) is 4.87. The van der Waals surface area contributed by atoms with Crippen LogP contribution in [0.1, 0.15) is 25.3 Å². The molecule has 9 heteroatoms. The van der Waals surface area contributed by atoms with Gasteiger partial charge in [-0.15, -0.1) is 5.10 Å². The first-order chi connectivity index (χ1) is 15.0. The summed E-state index contributed by atoms with van der Waals surface area (Å²) < 4.78 is 15.7. The summed E-state index contributed by atoms with van der Waals surface area (Å²) in [5.41, 5.74) is 2.18. The summed E-state index contributed by atoms with van der Waals surface area (Å²) in [4.78, 5) is 29.4. The second-order valence-corrected chi connectivity index (χ2v) is 7.18. The highest BCUT2D eigenvalue weighted by Gasteiger charge is 2.15. The van der Waals surface area contributed by atoms with Crippen LogP contribution in [-0.2, 0) is 17.8 Å². The second-order valence-electron chi connectivity index (χ2n) is 7.18. The Kier molecular flexibility index (Phi) is 5.83. The number of aryl methyl sites for hydroxylation is 1. The van der Waals surface area contributed by atoms with Gasteiger partial charge in [0.15, 0.2) is 11.2 Å². The molecule has 0 fully saturated rings. The molecule has 0 unspecified atom stereocenters. The lowest BCUT2D eigenvalue weighted by molar-refractivity contribution is -0.116. The number of hydrogen-bond donors (Lipinski definition) is 1. The van der Waals surface area contributed by atoms with Gasteiger partial charge in [0.1, 0.15) is 18.7 Å². The van der Waals surface area contributed by atoms with Gasteiger partial charge in [0.25, 0.3) is 5.56 Å². The molecule has 2 aromatic carbocycles. The lowest BCUT2D eigenvalue weighted by Crippen LogP contribution is -2.28. The molecule has 2 aromatic heterocycles. The summed E-state index contributed by atoms with van der Waals surface area (Å²) in [5.74, 6) is -0.736. The lowest BCUT2D eigenvalue weighted by Gasteiger charge is -2.08. The molecule has 4 rings (SSSR count). The molecule has 4 aromatic rings. The maximum absolute atomic E-state index is 13.2. The summed E-state index contributed by atoms with van der Waals surface area (Å²) in [6.07, 6.45) is 4.53. The molecule has 1 N–H and O–H groups in total. The fourth-order valence-corrected chi connectivity index (χ4v) is 3.20. The monoisotopic (exact) mass is 420 g/mol. The lowest BCUT2D eigenvalue weighted by atomic mass is 10.1. The van der Waals surface area contributed by atoms with Crippen molar-refractivity contribution in [1.29, 1.82) is 0 Å². The van der Waals surface area contributed by atoms with Crippen LogP contribution in [0.25, 0.3) is 16.9 Å². The standard InChI is InChI=1S/C22H21FN6O2/c1-2-3-4-15-5-9-17(10-6-15)25-19(30)13-28-14-24-21-20(22(28)31)26-27-29(21)18-11-7-16(23)8-12-18/h5-12,14H,2-4,13H2,1H3,(H,25,30). The molecule has 1 amide bonds. The normalized spacial score (nSPS) is 11.0. The number of nitrogens with one attached hydrogen (secondary N) is 1. The smallest absolute Gasteiger partial charge is 0.284 e. The Balaban J connectivity index is 1.49. The molecular formula is C22H21FN6O2. The highest BCUT2D eigenvalue weighted by Crippen LogP contribution is 2.13. The highest BCUT2D eigenvalue weighted by atomic mass is 19.1. The Morgan fingerprint density at radius 3 is 2.55 bits per heavy atom. The fraction of sp³-hybridized carbons (Fsp3) is 0.227. The largest absolute Gasteiger partial charge is 0.325 e. The van der Waals surface area contributed by atoms with Crippen LogP contribution in [0.5, 0.6) is 0 Å². The average molecular weight is 420 g/mol. The minimum absolute atomic E-state index is 0.0277. The van der Waals surface area contributed by atoms with E-state index in [0.717, 1.165) is 19.3 Å². The summed E-state index contributed by atoms with van der Waals surface area (Å²) in [7, 11) is 0. The molecule has 158 valence electrons. The van der Waals surface area contributed by atoms with Gasteiger partial charge in [-0.25, -0.2) is 9.37 Å². The second kappa shape index (κ2) is 8.86. The minimum Gasteiger partial charge on any atom is -0.325 e. The van der Waals surface area contributed by atoms with E-state index in [2.05, 4.69) is 27.5 Å². The van der Waals surface area contributed by atoms with E-state index in [9.17, 15) is 14.0 Å². The number of fused-ring (bicyclic) bond motifs is 1. The van der Waals surface area contributed by atoms with Crippen LogP contribution in [0.2, 0.25) is 0 Å². The molecule has 8 nitrogen and oxygen atoms in total. The first kappa shape index (κ1) is 20.4. The van der Waals surface area contributed by atoms with Gasteiger partial charge >= 0.3 is 0 Å². The molecule has 0 aliphatic heterocycles. The van der Waals surface area contributed by atoms with Gasteiger partial charge in [-0.3, -0.25) is 14.2 Å². The molecule has 0 bridgehead atoms. The molecule has 0 saturated carbocycles. The van der Waals surface area contributed by atoms with E-state index in [1.165, 1.54) is 45.4 Å². The topological polar surface area (TPSA) is 94.7 Å². The third kappa shape index (κ3) is 4.50. The van der Waals surface area contributed by atoms with E-state index in [1.54, 1.807) is 0 Å². The number of carbonyl (C=O) groups excluding carboxylic acids is 1. The van der Waals surface area contributed by atoms with Crippen molar-refractivity contribution < 1.29 is 9.18 Å². The van der Waals surface area contributed by atoms with Crippen LogP contribution in [0.15, 0.2) is 59.7 Å². The van der Waals surface area contributed by atoms with Crippen molar-refractivity contribution in [3.05, 3.63) is 76.6 Å². The van der Waals surface area contributed by atoms with Crippen molar-refractivity contribution in [3.8, 4) is 5.69 Å². The highest BCUT2D eigenvalue weighted by molar-refractivity contribution is 5.90. The molecular weight excluding hydrogens is 399 g/mol. The van der Waals surface area contributed by atoms with E-state index in [4.69, 9.17) is 0 Å². The van der Waals surface area contributed by atoms with E-state index in [1.807, 2.05) is 24.3 Å². The fourth-order valence-electron chi connectivity index (χ4n) is 3.20. The SMILES string of the molecule is CCCCc1ccc(NC(=O)Cn2cnc3c(nnn3-c3ccc(F)cc3)c2=O)cc1. The molecule has 0 radical (unpaired) electrons. The van der Waals surface area contributed by atoms with E-state index >= 15 is 0 Å². The zero-order valence-corrected chi connectivity index (χ0v) is 17.0. The Hall–Kier alpha value is -3.88. The number of rotatable bonds is 7. The van der Waals surface area contributed by atoms with Crippen LogP contribution in [0.3, 0.4) is 0 Å². The summed E-state index contributed by atoms with van der Waals surface area (Å²) in [5, 5.41) is 10.6. The van der Waals surface area contributed by atoms with Crippen molar-refractivity contribution in [2.75, 3.05) is 5.32 Å². The van der Waals surface area contributed by atoms with Gasteiger partial charge in [-0.2, -0.15) is 4.68 Å². The Labute approximate surface area is 177 Å². The van der Waals surface area contributed by atoms with Crippen LogP contribution in [-0.4, -0.2) is 30.5 Å². The molecule has 0 aliphatic carbocycles. The van der Waals surface area contributed by atoms with Crippen molar-refractivity contribution in [2.24, 2.45) is 0 Å². The van der Waals surface area contributed by atoms with Gasteiger partial charge in [-0.1, -0.05) is 30.7 Å². The van der Waals surface area contributed by atoms with E-state index in [0.29, 0.717) is 11.4 Å². The predicted molar refractivity (Wildman–Crippen MR) is 115 cm³/mol. The number of anilines is 1. The zero-order chi connectivity index (χ0) is 21.8. The van der Waals surface area contributed by atoms with Crippen molar-refractivity contribution >= 4 is 22.8 Å². The van der Waals surface area contributed by atoms with Gasteiger partial charge in [0.2, 0.25) is 5.91 Å². The van der Waals surface area contributed by atoms with Crippen LogP contribution in [0.4, 0.5) is 10.1 Å².